The molecule has 1 aliphatic rings. The number of rotatable bonds is 4. The molecule has 0 saturated heterocycles. The van der Waals surface area contributed by atoms with E-state index in [0.717, 1.165) is 25.7 Å². The Kier molecular flexibility index (Phi) is 4.81. The fourth-order valence-corrected chi connectivity index (χ4v) is 3.90. The maximum Gasteiger partial charge on any atom is 0.240 e. The van der Waals surface area contributed by atoms with Gasteiger partial charge in [0.25, 0.3) is 0 Å². The highest BCUT2D eigenvalue weighted by molar-refractivity contribution is 9.09. The second-order valence-corrected chi connectivity index (χ2v) is 7.84. The van der Waals surface area contributed by atoms with Crippen LogP contribution in [0.25, 0.3) is 0 Å². The Bertz CT molecular complexity index is 467. The monoisotopic (exact) mass is 331 g/mol. The highest BCUT2D eigenvalue weighted by Crippen LogP contribution is 2.28. The van der Waals surface area contributed by atoms with E-state index in [-0.39, 0.29) is 0 Å². The van der Waals surface area contributed by atoms with Crippen LogP contribution >= 0.6 is 15.9 Å². The average molecular weight is 332 g/mol. The Morgan fingerprint density at radius 2 is 1.72 bits per heavy atom. The molecule has 2 rings (SSSR count). The van der Waals surface area contributed by atoms with Crippen LogP contribution < -0.4 is 4.72 Å². The molecular weight excluding hydrogens is 314 g/mol. The summed E-state index contributed by atoms with van der Waals surface area (Å²) in [7, 11) is -3.33. The Hall–Kier alpha value is -0.390. The summed E-state index contributed by atoms with van der Waals surface area (Å²) in [5.74, 6) is 0.470. The van der Waals surface area contributed by atoms with Gasteiger partial charge in [-0.3, -0.25) is 0 Å². The van der Waals surface area contributed by atoms with E-state index in [1.807, 2.05) is 6.07 Å². The summed E-state index contributed by atoms with van der Waals surface area (Å²) in [6.45, 7) is 0.553. The summed E-state index contributed by atoms with van der Waals surface area (Å²) in [6, 6.07) is 8.54. The summed E-state index contributed by atoms with van der Waals surface area (Å²) in [4.78, 5) is 0.957. The third-order valence-corrected chi connectivity index (χ3v) is 5.75. The van der Waals surface area contributed by atoms with Gasteiger partial charge in [0.2, 0.25) is 10.0 Å². The second-order valence-electron chi connectivity index (χ2n) is 4.78. The predicted octanol–water partition coefficient (Wildman–Crippen LogP) is 2.92. The van der Waals surface area contributed by atoms with Crippen molar-refractivity contribution in [3.63, 3.8) is 0 Å². The van der Waals surface area contributed by atoms with E-state index in [2.05, 4.69) is 20.7 Å². The fraction of sp³-hybridized carbons (Fsp3) is 0.538. The van der Waals surface area contributed by atoms with Crippen LogP contribution in [0.5, 0.6) is 0 Å². The molecule has 3 nitrogen and oxygen atoms in total. The molecule has 0 atom stereocenters. The maximum atomic E-state index is 12.0. The molecule has 5 heteroatoms. The lowest BCUT2D eigenvalue weighted by Gasteiger charge is -2.25. The van der Waals surface area contributed by atoms with Crippen LogP contribution in [-0.2, 0) is 10.0 Å². The SMILES string of the molecule is O=S(=O)(NCC1CCC(Br)CC1)c1ccccc1. The van der Waals surface area contributed by atoms with Gasteiger partial charge in [0.15, 0.2) is 0 Å². The van der Waals surface area contributed by atoms with Crippen molar-refractivity contribution in [2.24, 2.45) is 5.92 Å². The molecule has 1 aromatic carbocycles. The molecule has 1 aliphatic carbocycles. The number of hydrogen-bond acceptors (Lipinski definition) is 2. The zero-order valence-corrected chi connectivity index (χ0v) is 12.6. The molecule has 1 N–H and O–H groups in total. The first kappa shape index (κ1) is 14.0. The van der Waals surface area contributed by atoms with E-state index < -0.39 is 10.0 Å². The molecule has 0 spiro atoms. The first-order valence-corrected chi connectivity index (χ1v) is 8.66. The first-order chi connectivity index (χ1) is 8.58. The minimum absolute atomic E-state index is 0.346. The average Bonchev–Trinajstić information content (AvgIpc) is 2.39. The third kappa shape index (κ3) is 3.80. The first-order valence-electron chi connectivity index (χ1n) is 6.27. The third-order valence-electron chi connectivity index (χ3n) is 3.39. The van der Waals surface area contributed by atoms with Crippen molar-refractivity contribution in [2.45, 2.75) is 35.4 Å². The van der Waals surface area contributed by atoms with Gasteiger partial charge in [0.1, 0.15) is 0 Å². The minimum Gasteiger partial charge on any atom is -0.211 e. The van der Waals surface area contributed by atoms with Gasteiger partial charge in [-0.1, -0.05) is 34.1 Å². The number of benzene rings is 1. The Morgan fingerprint density at radius 3 is 2.33 bits per heavy atom. The molecule has 1 fully saturated rings. The smallest absolute Gasteiger partial charge is 0.211 e. The Labute approximate surface area is 117 Å². The Morgan fingerprint density at radius 1 is 1.11 bits per heavy atom. The molecule has 0 heterocycles. The second kappa shape index (κ2) is 6.17. The molecule has 0 aromatic heterocycles. The highest BCUT2D eigenvalue weighted by atomic mass is 79.9. The molecule has 100 valence electrons. The molecule has 1 aromatic rings. The zero-order valence-electron chi connectivity index (χ0n) is 10.2. The van der Waals surface area contributed by atoms with Crippen LogP contribution in [0.3, 0.4) is 0 Å². The minimum atomic E-state index is -3.33. The Balaban J connectivity index is 1.90. The zero-order chi connectivity index (χ0) is 13.0. The van der Waals surface area contributed by atoms with Gasteiger partial charge in [-0.05, 0) is 43.7 Å². The number of alkyl halides is 1. The van der Waals surface area contributed by atoms with Gasteiger partial charge in [0, 0.05) is 11.4 Å². The summed E-state index contributed by atoms with van der Waals surface area (Å²) < 4.78 is 26.8. The molecule has 0 aliphatic heterocycles. The topological polar surface area (TPSA) is 46.2 Å². The molecule has 0 unspecified atom stereocenters. The van der Waals surface area contributed by atoms with Gasteiger partial charge >= 0.3 is 0 Å². The van der Waals surface area contributed by atoms with Crippen LogP contribution in [-0.4, -0.2) is 19.8 Å². The van der Waals surface area contributed by atoms with Crippen LogP contribution in [0, 0.1) is 5.92 Å². The normalized spacial score (nSPS) is 24.9. The number of hydrogen-bond donors (Lipinski definition) is 1. The van der Waals surface area contributed by atoms with Crippen molar-refractivity contribution in [1.29, 1.82) is 0 Å². The van der Waals surface area contributed by atoms with E-state index in [4.69, 9.17) is 0 Å². The van der Waals surface area contributed by atoms with E-state index in [9.17, 15) is 8.42 Å². The fourth-order valence-electron chi connectivity index (χ4n) is 2.24. The van der Waals surface area contributed by atoms with Gasteiger partial charge in [-0.2, -0.15) is 0 Å². The van der Waals surface area contributed by atoms with Crippen molar-refractivity contribution in [3.8, 4) is 0 Å². The van der Waals surface area contributed by atoms with Gasteiger partial charge in [-0.25, -0.2) is 13.1 Å². The van der Waals surface area contributed by atoms with Crippen LogP contribution in [0.2, 0.25) is 0 Å². The van der Waals surface area contributed by atoms with E-state index >= 15 is 0 Å². The predicted molar refractivity (Wildman–Crippen MR) is 76.3 cm³/mol. The lowest BCUT2D eigenvalue weighted by molar-refractivity contribution is 0.366. The van der Waals surface area contributed by atoms with Crippen LogP contribution in [0.1, 0.15) is 25.7 Å². The van der Waals surface area contributed by atoms with Gasteiger partial charge in [0.05, 0.1) is 4.90 Å². The number of halogens is 1. The molecule has 0 bridgehead atoms. The standard InChI is InChI=1S/C13H18BrNO2S/c14-12-8-6-11(7-9-12)10-15-18(16,17)13-4-2-1-3-5-13/h1-5,11-12,15H,6-10H2. The van der Waals surface area contributed by atoms with Crippen molar-refractivity contribution in [3.05, 3.63) is 30.3 Å². The summed E-state index contributed by atoms with van der Waals surface area (Å²) in [5, 5.41) is 0. The van der Waals surface area contributed by atoms with Gasteiger partial charge in [-0.15, -0.1) is 0 Å². The quantitative estimate of drug-likeness (QED) is 0.862. The summed E-state index contributed by atoms with van der Waals surface area (Å²) in [6.07, 6.45) is 4.45. The largest absolute Gasteiger partial charge is 0.240 e. The van der Waals surface area contributed by atoms with E-state index in [0.29, 0.717) is 22.2 Å². The molecular formula is C13H18BrNO2S. The van der Waals surface area contributed by atoms with Crippen molar-refractivity contribution in [2.75, 3.05) is 6.54 Å². The summed E-state index contributed by atoms with van der Waals surface area (Å²) >= 11 is 3.60. The van der Waals surface area contributed by atoms with Gasteiger partial charge < -0.3 is 0 Å². The number of nitrogens with one attached hydrogen (secondary N) is 1. The number of sulfonamides is 1. The van der Waals surface area contributed by atoms with Crippen molar-refractivity contribution < 1.29 is 8.42 Å². The van der Waals surface area contributed by atoms with Crippen molar-refractivity contribution >= 4 is 26.0 Å². The van der Waals surface area contributed by atoms with E-state index in [1.54, 1.807) is 24.3 Å². The maximum absolute atomic E-state index is 12.0. The summed E-state index contributed by atoms with van der Waals surface area (Å²) in [5.41, 5.74) is 0. The molecule has 1 saturated carbocycles. The lowest BCUT2D eigenvalue weighted by Crippen LogP contribution is -2.31. The van der Waals surface area contributed by atoms with E-state index in [1.165, 1.54) is 0 Å². The lowest BCUT2D eigenvalue weighted by atomic mass is 9.89. The molecule has 0 radical (unpaired) electrons. The highest BCUT2D eigenvalue weighted by Gasteiger charge is 2.21. The van der Waals surface area contributed by atoms with Crippen molar-refractivity contribution in [1.82, 2.24) is 4.72 Å². The molecule has 0 amide bonds. The van der Waals surface area contributed by atoms with Crippen LogP contribution in [0.15, 0.2) is 35.2 Å². The molecule has 18 heavy (non-hydrogen) atoms. The van der Waals surface area contributed by atoms with Crippen LogP contribution in [0.4, 0.5) is 0 Å².